The normalized spacial score (nSPS) is 9.63. The van der Waals surface area contributed by atoms with Crippen LogP contribution in [0.25, 0.3) is 0 Å². The van der Waals surface area contributed by atoms with Crippen molar-refractivity contribution in [2.24, 2.45) is 0 Å². The summed E-state index contributed by atoms with van der Waals surface area (Å²) in [6.45, 7) is 0.422. The van der Waals surface area contributed by atoms with Gasteiger partial charge in [0.05, 0.1) is 17.2 Å². The Kier molecular flexibility index (Phi) is 3.64. The lowest BCUT2D eigenvalue weighted by Gasteiger charge is -2.05. The molecular weight excluding hydrogens is 246 g/mol. The molecule has 1 N–H and O–H groups in total. The van der Waals surface area contributed by atoms with Crippen LogP contribution >= 0.6 is 0 Å². The zero-order valence-corrected chi connectivity index (χ0v) is 9.78. The van der Waals surface area contributed by atoms with Gasteiger partial charge in [0, 0.05) is 18.0 Å². The van der Waals surface area contributed by atoms with Gasteiger partial charge in [0.1, 0.15) is 18.0 Å². The van der Waals surface area contributed by atoms with E-state index in [2.05, 4.69) is 15.3 Å². The highest BCUT2D eigenvalue weighted by molar-refractivity contribution is 5.59. The van der Waals surface area contributed by atoms with Crippen molar-refractivity contribution in [3.05, 3.63) is 58.2 Å². The number of benzene rings is 1. The molecule has 7 nitrogen and oxygen atoms in total. The van der Waals surface area contributed by atoms with Gasteiger partial charge in [-0.1, -0.05) is 0 Å². The zero-order valence-electron chi connectivity index (χ0n) is 9.78. The lowest BCUT2D eigenvalue weighted by atomic mass is 10.2. The number of aromatic nitrogens is 2. The lowest BCUT2D eigenvalue weighted by Crippen LogP contribution is -2.02. The van der Waals surface area contributed by atoms with Gasteiger partial charge in [0.15, 0.2) is 0 Å². The molecule has 7 heteroatoms. The summed E-state index contributed by atoms with van der Waals surface area (Å²) in [6.07, 6.45) is 3.05. The molecule has 0 aliphatic carbocycles. The van der Waals surface area contributed by atoms with Gasteiger partial charge >= 0.3 is 0 Å². The van der Waals surface area contributed by atoms with E-state index in [1.54, 1.807) is 24.4 Å². The second-order valence-electron chi connectivity index (χ2n) is 3.66. The van der Waals surface area contributed by atoms with Crippen LogP contribution in [0.5, 0.6) is 0 Å². The van der Waals surface area contributed by atoms with E-state index in [1.807, 2.05) is 0 Å². The molecule has 0 aliphatic heterocycles. The number of anilines is 1. The van der Waals surface area contributed by atoms with Crippen molar-refractivity contribution < 1.29 is 4.92 Å². The number of nitro benzene ring substituents is 1. The number of nitrogens with zero attached hydrogens (tertiary/aromatic N) is 4. The van der Waals surface area contributed by atoms with Gasteiger partial charge in [-0.2, -0.15) is 5.26 Å². The van der Waals surface area contributed by atoms with E-state index in [0.29, 0.717) is 12.2 Å². The summed E-state index contributed by atoms with van der Waals surface area (Å²) in [4.78, 5) is 18.1. The molecule has 0 fully saturated rings. The molecule has 0 atom stereocenters. The van der Waals surface area contributed by atoms with Crippen LogP contribution < -0.4 is 5.32 Å². The number of hydrogen-bond donors (Lipinski definition) is 1. The van der Waals surface area contributed by atoms with Gasteiger partial charge in [-0.05, 0) is 18.2 Å². The second-order valence-corrected chi connectivity index (χ2v) is 3.66. The average Bonchev–Trinajstić information content (AvgIpc) is 2.46. The van der Waals surface area contributed by atoms with E-state index in [4.69, 9.17) is 5.26 Å². The van der Waals surface area contributed by atoms with Crippen molar-refractivity contribution >= 4 is 11.4 Å². The molecule has 94 valence electrons. The third-order valence-electron chi connectivity index (χ3n) is 2.43. The van der Waals surface area contributed by atoms with Crippen LogP contribution in [0.3, 0.4) is 0 Å². The van der Waals surface area contributed by atoms with Crippen LogP contribution in [0, 0.1) is 21.4 Å². The first-order chi connectivity index (χ1) is 9.20. The standard InChI is InChI=1S/C12H9N5O2/c13-6-9-1-2-10(5-12(9)17(18)19)15-7-11-3-4-14-8-16-11/h1-5,8,15H,7H2. The molecule has 0 bridgehead atoms. The van der Waals surface area contributed by atoms with E-state index in [-0.39, 0.29) is 11.3 Å². The molecule has 1 heterocycles. The van der Waals surface area contributed by atoms with Crippen molar-refractivity contribution in [1.29, 1.82) is 5.26 Å². The van der Waals surface area contributed by atoms with Gasteiger partial charge in [-0.3, -0.25) is 10.1 Å². The minimum absolute atomic E-state index is 0.0394. The molecule has 0 saturated heterocycles. The summed E-state index contributed by atoms with van der Waals surface area (Å²) in [5, 5.41) is 22.6. The molecule has 0 spiro atoms. The number of nitro groups is 1. The van der Waals surface area contributed by atoms with E-state index >= 15 is 0 Å². The fourth-order valence-electron chi connectivity index (χ4n) is 1.50. The topological polar surface area (TPSA) is 105 Å². The predicted octanol–water partition coefficient (Wildman–Crippen LogP) is 1.87. The second kappa shape index (κ2) is 5.55. The molecule has 0 radical (unpaired) electrons. The summed E-state index contributed by atoms with van der Waals surface area (Å²) in [7, 11) is 0. The molecule has 19 heavy (non-hydrogen) atoms. The molecule has 1 aromatic carbocycles. The number of nitriles is 1. The first kappa shape index (κ1) is 12.4. The van der Waals surface area contributed by atoms with Crippen LogP contribution in [0.15, 0.2) is 36.8 Å². The first-order valence-corrected chi connectivity index (χ1v) is 5.38. The van der Waals surface area contributed by atoms with Crippen LogP contribution in [-0.2, 0) is 6.54 Å². The van der Waals surface area contributed by atoms with Crippen LogP contribution in [0.2, 0.25) is 0 Å². The maximum Gasteiger partial charge on any atom is 0.289 e. The Bertz CT molecular complexity index is 636. The van der Waals surface area contributed by atoms with Gasteiger partial charge in [-0.25, -0.2) is 9.97 Å². The molecule has 2 rings (SSSR count). The Labute approximate surface area is 108 Å². The van der Waals surface area contributed by atoms with Crippen molar-refractivity contribution in [2.75, 3.05) is 5.32 Å². The van der Waals surface area contributed by atoms with E-state index in [0.717, 1.165) is 5.69 Å². The molecule has 1 aromatic heterocycles. The summed E-state index contributed by atoms with van der Waals surface area (Å²) in [5.74, 6) is 0. The van der Waals surface area contributed by atoms with Gasteiger partial charge in [-0.15, -0.1) is 0 Å². The molecule has 0 unspecified atom stereocenters. The summed E-state index contributed by atoms with van der Waals surface area (Å²) >= 11 is 0. The van der Waals surface area contributed by atoms with Gasteiger partial charge < -0.3 is 5.32 Å². The minimum Gasteiger partial charge on any atom is -0.379 e. The fraction of sp³-hybridized carbons (Fsp3) is 0.0833. The summed E-state index contributed by atoms with van der Waals surface area (Å²) in [5.41, 5.74) is 1.15. The lowest BCUT2D eigenvalue weighted by molar-refractivity contribution is -0.385. The Morgan fingerprint density at radius 3 is 2.89 bits per heavy atom. The monoisotopic (exact) mass is 255 g/mol. The highest BCUT2D eigenvalue weighted by Gasteiger charge is 2.13. The van der Waals surface area contributed by atoms with Crippen molar-refractivity contribution in [3.8, 4) is 6.07 Å². The number of rotatable bonds is 4. The fourth-order valence-corrected chi connectivity index (χ4v) is 1.50. The smallest absolute Gasteiger partial charge is 0.289 e. The van der Waals surface area contributed by atoms with Crippen LogP contribution in [0.4, 0.5) is 11.4 Å². The Morgan fingerprint density at radius 2 is 2.26 bits per heavy atom. The minimum atomic E-state index is -0.575. The SMILES string of the molecule is N#Cc1ccc(NCc2ccncn2)cc1[N+](=O)[O-]. The van der Waals surface area contributed by atoms with Crippen molar-refractivity contribution in [3.63, 3.8) is 0 Å². The van der Waals surface area contributed by atoms with E-state index in [1.165, 1.54) is 18.5 Å². The third kappa shape index (κ3) is 3.01. The highest BCUT2D eigenvalue weighted by atomic mass is 16.6. The maximum absolute atomic E-state index is 10.8. The van der Waals surface area contributed by atoms with E-state index in [9.17, 15) is 10.1 Å². The van der Waals surface area contributed by atoms with Gasteiger partial charge in [0.25, 0.3) is 5.69 Å². The first-order valence-electron chi connectivity index (χ1n) is 5.38. The third-order valence-corrected chi connectivity index (χ3v) is 2.43. The molecule has 0 aliphatic rings. The quantitative estimate of drug-likeness (QED) is 0.660. The summed E-state index contributed by atoms with van der Waals surface area (Å²) in [6, 6.07) is 7.90. The number of hydrogen-bond acceptors (Lipinski definition) is 6. The Hall–Kier alpha value is -3.01. The largest absolute Gasteiger partial charge is 0.379 e. The average molecular weight is 255 g/mol. The predicted molar refractivity (Wildman–Crippen MR) is 67.2 cm³/mol. The molecule has 0 amide bonds. The zero-order chi connectivity index (χ0) is 13.7. The molecular formula is C12H9N5O2. The van der Waals surface area contributed by atoms with Crippen LogP contribution in [-0.4, -0.2) is 14.9 Å². The highest BCUT2D eigenvalue weighted by Crippen LogP contribution is 2.22. The van der Waals surface area contributed by atoms with Crippen LogP contribution in [0.1, 0.15) is 11.3 Å². The summed E-state index contributed by atoms with van der Waals surface area (Å²) < 4.78 is 0. The van der Waals surface area contributed by atoms with Crippen molar-refractivity contribution in [2.45, 2.75) is 6.54 Å². The molecule has 2 aromatic rings. The maximum atomic E-state index is 10.8. The molecule has 0 saturated carbocycles. The Morgan fingerprint density at radius 1 is 1.42 bits per heavy atom. The van der Waals surface area contributed by atoms with Gasteiger partial charge in [0.2, 0.25) is 0 Å². The van der Waals surface area contributed by atoms with Crippen molar-refractivity contribution in [1.82, 2.24) is 9.97 Å². The van der Waals surface area contributed by atoms with E-state index < -0.39 is 4.92 Å². The number of nitrogens with one attached hydrogen (secondary N) is 1. The Balaban J connectivity index is 2.16.